The van der Waals surface area contributed by atoms with Crippen LogP contribution in [0.2, 0.25) is 0 Å². The van der Waals surface area contributed by atoms with E-state index in [1.165, 1.54) is 51.3 Å². The highest BCUT2D eigenvalue weighted by molar-refractivity contribution is 5.99. The molecule has 240 valence electrons. The number of hydrogen-bond donors (Lipinski definition) is 1. The molecule has 7 rings (SSSR count). The van der Waals surface area contributed by atoms with Crippen molar-refractivity contribution in [3.05, 3.63) is 47.9 Å². The zero-order valence-corrected chi connectivity index (χ0v) is 25.4. The molecule has 0 spiro atoms. The summed E-state index contributed by atoms with van der Waals surface area (Å²) in [5.74, 6) is -3.21. The maximum Gasteiger partial charge on any atom is 0.318 e. The smallest absolute Gasteiger partial charge is 0.318 e. The van der Waals surface area contributed by atoms with Gasteiger partial charge in [-0.15, -0.1) is 0 Å². The van der Waals surface area contributed by atoms with Crippen molar-refractivity contribution in [2.24, 2.45) is 0 Å². The highest BCUT2D eigenvalue weighted by atomic mass is 19.2. The number of nitriles is 2. The molecule has 2 unspecified atom stereocenters. The van der Waals surface area contributed by atoms with Crippen LogP contribution >= 0.6 is 0 Å². The standard InChI is InChI=1S/C23H17F3N6O2.C7H12FN.C2H3N/c1-34-23-29-20-15(22(30-23)32-6-4-31(11-27)5-7-32)10-28-21(19(20)26)17-14-3-2-13(33)8-12(14)9-16(24)18(17)25;8-6-4-7-2-1-3-9(7)5-6;1-2-3/h2-3,8-10,33H,4-7H2,1H3;6-7H,1-5H2;1H3. The van der Waals surface area contributed by atoms with Crippen molar-refractivity contribution in [1.29, 1.82) is 10.5 Å². The zero-order valence-electron chi connectivity index (χ0n) is 25.4. The molecular formula is C32H32F4N8O2. The second-order valence-corrected chi connectivity index (χ2v) is 11.1. The molecule has 5 heterocycles. The van der Waals surface area contributed by atoms with Crippen LogP contribution in [0.4, 0.5) is 23.4 Å². The zero-order chi connectivity index (χ0) is 33.0. The van der Waals surface area contributed by atoms with E-state index in [4.69, 9.17) is 15.3 Å². The number of aromatic hydroxyl groups is 1. The van der Waals surface area contributed by atoms with Gasteiger partial charge in [0.05, 0.1) is 18.6 Å². The number of benzene rings is 2. The summed E-state index contributed by atoms with van der Waals surface area (Å²) in [4.78, 5) is 18.4. The predicted octanol–water partition coefficient (Wildman–Crippen LogP) is 5.30. The molecule has 0 bridgehead atoms. The van der Waals surface area contributed by atoms with Crippen LogP contribution in [0.15, 0.2) is 30.5 Å². The van der Waals surface area contributed by atoms with Crippen molar-refractivity contribution < 1.29 is 27.4 Å². The molecule has 3 saturated heterocycles. The molecule has 14 heteroatoms. The van der Waals surface area contributed by atoms with Gasteiger partial charge in [-0.1, -0.05) is 0 Å². The summed E-state index contributed by atoms with van der Waals surface area (Å²) >= 11 is 0. The Morgan fingerprint density at radius 3 is 2.41 bits per heavy atom. The number of aromatic nitrogens is 3. The Hall–Kier alpha value is -4.95. The number of pyridine rings is 1. The first kappa shape index (κ1) is 32.4. The molecule has 2 aromatic heterocycles. The van der Waals surface area contributed by atoms with Gasteiger partial charge in [-0.2, -0.15) is 20.5 Å². The highest BCUT2D eigenvalue weighted by Gasteiger charge is 2.34. The number of piperazine rings is 1. The monoisotopic (exact) mass is 636 g/mol. The van der Waals surface area contributed by atoms with Gasteiger partial charge >= 0.3 is 6.01 Å². The number of halogens is 4. The predicted molar refractivity (Wildman–Crippen MR) is 163 cm³/mol. The van der Waals surface area contributed by atoms with E-state index in [0.29, 0.717) is 44.6 Å². The van der Waals surface area contributed by atoms with Crippen molar-refractivity contribution in [3.8, 4) is 35.3 Å². The minimum atomic E-state index is -1.27. The Bertz CT molecular complexity index is 1810. The number of phenols is 1. The number of methoxy groups -OCH3 is 1. The van der Waals surface area contributed by atoms with Gasteiger partial charge in [0.1, 0.15) is 28.9 Å². The molecule has 2 aromatic carbocycles. The Kier molecular flexibility index (Phi) is 9.87. The maximum atomic E-state index is 15.8. The molecule has 0 saturated carbocycles. The first-order chi connectivity index (χ1) is 22.2. The second-order valence-electron chi connectivity index (χ2n) is 11.1. The fraction of sp³-hybridized carbons (Fsp3) is 0.406. The van der Waals surface area contributed by atoms with Crippen molar-refractivity contribution >= 4 is 27.5 Å². The Balaban J connectivity index is 0.000000290. The van der Waals surface area contributed by atoms with Gasteiger partial charge in [0.2, 0.25) is 0 Å². The number of rotatable bonds is 3. The van der Waals surface area contributed by atoms with E-state index in [1.54, 1.807) is 11.0 Å². The summed E-state index contributed by atoms with van der Waals surface area (Å²) in [6, 6.07) is 7.11. The van der Waals surface area contributed by atoms with E-state index in [-0.39, 0.29) is 39.0 Å². The van der Waals surface area contributed by atoms with Crippen LogP contribution < -0.4 is 9.64 Å². The second kappa shape index (κ2) is 14.0. The molecule has 46 heavy (non-hydrogen) atoms. The molecular weight excluding hydrogens is 604 g/mol. The minimum absolute atomic E-state index is 0.101. The highest BCUT2D eigenvalue weighted by Crippen LogP contribution is 2.38. The molecule has 0 amide bonds. The lowest BCUT2D eigenvalue weighted by Crippen LogP contribution is -2.44. The van der Waals surface area contributed by atoms with Gasteiger partial charge in [-0.3, -0.25) is 9.88 Å². The van der Waals surface area contributed by atoms with Gasteiger partial charge in [-0.05, 0) is 60.8 Å². The van der Waals surface area contributed by atoms with Crippen molar-refractivity contribution in [1.82, 2.24) is 24.8 Å². The number of ether oxygens (including phenoxy) is 1. The average molecular weight is 637 g/mol. The molecule has 2 atom stereocenters. The van der Waals surface area contributed by atoms with Gasteiger partial charge in [0.25, 0.3) is 0 Å². The number of anilines is 1. The van der Waals surface area contributed by atoms with Gasteiger partial charge in [0.15, 0.2) is 23.6 Å². The topological polar surface area (TPSA) is 125 Å². The van der Waals surface area contributed by atoms with E-state index in [0.717, 1.165) is 19.0 Å². The Morgan fingerprint density at radius 1 is 1.00 bits per heavy atom. The molecule has 3 aliphatic rings. The fourth-order valence-electron chi connectivity index (χ4n) is 6.14. The summed E-state index contributed by atoms with van der Waals surface area (Å²) in [5, 5.41) is 26.8. The summed E-state index contributed by atoms with van der Waals surface area (Å²) in [6.07, 6.45) is 6.22. The quantitative estimate of drug-likeness (QED) is 0.234. The van der Waals surface area contributed by atoms with Crippen molar-refractivity contribution in [2.45, 2.75) is 38.4 Å². The van der Waals surface area contributed by atoms with Crippen LogP contribution in [-0.4, -0.2) is 88.5 Å². The minimum Gasteiger partial charge on any atom is -0.508 e. The summed E-state index contributed by atoms with van der Waals surface area (Å²) in [6.45, 7) is 5.13. The Morgan fingerprint density at radius 2 is 1.74 bits per heavy atom. The van der Waals surface area contributed by atoms with Crippen LogP contribution in [0.25, 0.3) is 32.9 Å². The summed E-state index contributed by atoms with van der Waals surface area (Å²) in [5.41, 5.74) is -0.970. The molecule has 3 aliphatic heterocycles. The Labute approximate surface area is 263 Å². The third-order valence-corrected chi connectivity index (χ3v) is 8.26. The van der Waals surface area contributed by atoms with Crippen LogP contribution in [0.5, 0.6) is 11.8 Å². The first-order valence-corrected chi connectivity index (χ1v) is 14.8. The number of alkyl halides is 1. The normalized spacial score (nSPS) is 19.0. The number of nitrogens with zero attached hydrogens (tertiary/aromatic N) is 8. The molecule has 0 radical (unpaired) electrons. The van der Waals surface area contributed by atoms with E-state index >= 15 is 4.39 Å². The third kappa shape index (κ3) is 6.53. The van der Waals surface area contributed by atoms with Crippen molar-refractivity contribution in [2.75, 3.05) is 51.3 Å². The van der Waals surface area contributed by atoms with Crippen molar-refractivity contribution in [3.63, 3.8) is 0 Å². The molecule has 10 nitrogen and oxygen atoms in total. The van der Waals surface area contributed by atoms with E-state index in [2.05, 4.69) is 26.0 Å². The van der Waals surface area contributed by atoms with E-state index < -0.39 is 29.3 Å². The van der Waals surface area contributed by atoms with E-state index in [1.807, 2.05) is 4.90 Å². The number of hydrogen-bond acceptors (Lipinski definition) is 10. The molecule has 0 aliphatic carbocycles. The van der Waals surface area contributed by atoms with Gasteiger partial charge < -0.3 is 19.6 Å². The number of fused-ring (bicyclic) bond motifs is 3. The van der Waals surface area contributed by atoms with Crippen LogP contribution in [0, 0.1) is 40.2 Å². The lowest BCUT2D eigenvalue weighted by atomic mass is 9.99. The average Bonchev–Trinajstić information content (AvgIpc) is 3.64. The van der Waals surface area contributed by atoms with E-state index in [9.17, 15) is 18.3 Å². The molecule has 4 aromatic rings. The van der Waals surface area contributed by atoms with Crippen LogP contribution in [0.3, 0.4) is 0 Å². The largest absolute Gasteiger partial charge is 0.508 e. The first-order valence-electron chi connectivity index (χ1n) is 14.8. The fourth-order valence-corrected chi connectivity index (χ4v) is 6.14. The van der Waals surface area contributed by atoms with Gasteiger partial charge in [-0.25, -0.2) is 17.6 Å². The molecule has 3 fully saturated rings. The SMILES string of the molecule is CC#N.COc1nc(N2CCN(C#N)CC2)c2cnc(-c3c(F)c(F)cc4cc(O)ccc34)c(F)c2n1.FC1CC2CCCN2C1. The van der Waals surface area contributed by atoms with Gasteiger partial charge in [0, 0.05) is 57.4 Å². The lowest BCUT2D eigenvalue weighted by Gasteiger charge is -2.33. The lowest BCUT2D eigenvalue weighted by molar-refractivity contribution is 0.292. The van der Waals surface area contributed by atoms with Crippen LogP contribution in [0.1, 0.15) is 26.2 Å². The summed E-state index contributed by atoms with van der Waals surface area (Å²) in [7, 11) is 1.34. The molecule has 1 N–H and O–H groups in total. The third-order valence-electron chi connectivity index (χ3n) is 8.26. The van der Waals surface area contributed by atoms with Crippen LogP contribution in [-0.2, 0) is 0 Å². The maximum absolute atomic E-state index is 15.8. The summed E-state index contributed by atoms with van der Waals surface area (Å²) < 4.78 is 62.9. The number of phenolic OH excluding ortho intramolecular Hbond substituents is 1.